The molecule has 1 heterocycles. The van der Waals surface area contributed by atoms with Gasteiger partial charge in [0, 0.05) is 25.2 Å². The van der Waals surface area contributed by atoms with E-state index in [1.165, 1.54) is 11.1 Å². The number of carbonyl (C=O) groups is 3. The van der Waals surface area contributed by atoms with Crippen molar-refractivity contribution in [1.29, 1.82) is 0 Å². The van der Waals surface area contributed by atoms with Crippen LogP contribution in [0, 0.1) is 0 Å². The zero-order valence-corrected chi connectivity index (χ0v) is 16.8. The smallest absolute Gasteiger partial charge is 0.475 e. The van der Waals surface area contributed by atoms with Crippen molar-refractivity contribution in [1.82, 2.24) is 10.2 Å². The van der Waals surface area contributed by atoms with E-state index in [9.17, 15) is 22.8 Å². The third-order valence-electron chi connectivity index (χ3n) is 4.41. The third kappa shape index (κ3) is 7.86. The molecule has 10 heteroatoms. The van der Waals surface area contributed by atoms with Crippen molar-refractivity contribution in [3.8, 4) is 0 Å². The number of rotatable bonds is 6. The summed E-state index contributed by atoms with van der Waals surface area (Å²) in [7, 11) is 0. The Bertz CT molecular complexity index is 756. The fourth-order valence-electron chi connectivity index (χ4n) is 2.55. The number of carboxylic acids is 1. The zero-order valence-electron chi connectivity index (χ0n) is 16.8. The van der Waals surface area contributed by atoms with E-state index in [2.05, 4.69) is 5.32 Å². The van der Waals surface area contributed by atoms with Crippen LogP contribution in [0.2, 0.25) is 0 Å². The molecule has 166 valence electrons. The van der Waals surface area contributed by atoms with Crippen LogP contribution in [-0.2, 0) is 27.5 Å². The summed E-state index contributed by atoms with van der Waals surface area (Å²) in [4.78, 5) is 34.8. The molecular weight excluding hydrogens is 403 g/mol. The number of hydrogen-bond donors (Lipinski definition) is 3. The van der Waals surface area contributed by atoms with Gasteiger partial charge in [-0.05, 0) is 24.0 Å². The van der Waals surface area contributed by atoms with E-state index in [0.29, 0.717) is 25.9 Å². The molecule has 0 unspecified atom stereocenters. The van der Waals surface area contributed by atoms with Crippen LogP contribution in [0.4, 0.5) is 13.2 Å². The van der Waals surface area contributed by atoms with E-state index in [0.717, 1.165) is 0 Å². The summed E-state index contributed by atoms with van der Waals surface area (Å²) in [5.74, 6) is -2.97. The number of aliphatic carboxylic acids is 1. The Hall–Kier alpha value is -2.88. The van der Waals surface area contributed by atoms with Crippen molar-refractivity contribution in [3.63, 3.8) is 0 Å². The van der Waals surface area contributed by atoms with Gasteiger partial charge in [0.05, 0.1) is 6.04 Å². The van der Waals surface area contributed by atoms with Gasteiger partial charge in [-0.3, -0.25) is 9.59 Å². The molecule has 2 atom stereocenters. The first-order valence-electron chi connectivity index (χ1n) is 9.39. The second kappa shape index (κ2) is 11.3. The van der Waals surface area contributed by atoms with Crippen molar-refractivity contribution in [2.45, 2.75) is 58.0 Å². The van der Waals surface area contributed by atoms with Crippen LogP contribution in [0.5, 0.6) is 0 Å². The summed E-state index contributed by atoms with van der Waals surface area (Å²) in [6.07, 6.45) is -0.466. The Labute approximate surface area is 172 Å². The van der Waals surface area contributed by atoms with Gasteiger partial charge >= 0.3 is 12.1 Å². The Kier molecular flexibility index (Phi) is 9.51. The highest BCUT2D eigenvalue weighted by Crippen LogP contribution is 2.22. The Morgan fingerprint density at radius 2 is 1.67 bits per heavy atom. The fraction of sp³-hybridized carbons (Fsp3) is 0.450. The Morgan fingerprint density at radius 3 is 2.07 bits per heavy atom. The number of carbonyl (C=O) groups excluding carboxylic acids is 2. The molecular formula is C20H26F3N3O4. The van der Waals surface area contributed by atoms with Crippen molar-refractivity contribution in [3.05, 3.63) is 47.5 Å². The maximum atomic E-state index is 12.3. The number of fused-ring (bicyclic) bond motifs is 1. The topological polar surface area (TPSA) is 113 Å². The summed E-state index contributed by atoms with van der Waals surface area (Å²) in [6.45, 7) is 5.12. The van der Waals surface area contributed by atoms with Crippen LogP contribution in [0.1, 0.15) is 37.8 Å². The number of carboxylic acid groups (broad SMARTS) is 1. The van der Waals surface area contributed by atoms with E-state index >= 15 is 0 Å². The maximum absolute atomic E-state index is 12.3. The molecule has 1 aromatic rings. The molecule has 0 fully saturated rings. The highest BCUT2D eigenvalue weighted by molar-refractivity contribution is 5.88. The van der Waals surface area contributed by atoms with Crippen molar-refractivity contribution in [2.24, 2.45) is 5.73 Å². The van der Waals surface area contributed by atoms with Crippen molar-refractivity contribution in [2.75, 3.05) is 0 Å². The van der Waals surface area contributed by atoms with Gasteiger partial charge in [0.25, 0.3) is 0 Å². The number of hydrogen-bond acceptors (Lipinski definition) is 4. The lowest BCUT2D eigenvalue weighted by Gasteiger charge is -2.17. The summed E-state index contributed by atoms with van der Waals surface area (Å²) in [6, 6.07) is 7.40. The van der Waals surface area contributed by atoms with Crippen LogP contribution >= 0.6 is 0 Å². The first-order valence-corrected chi connectivity index (χ1v) is 9.39. The standard InChI is InChI=1S/C18H25N3O2.C2HF3O2/c1-3-15(20-18(23)16(19)4-2)9-10-17(22)21-11-13-7-5-6-8-14(13)12-21;3-2(4,5)1(6)7/h5-10,15-16H,3-4,11-12,19H2,1-2H3,(H,20,23);(H,6,7)/t15-,16-;/m0./s1. The van der Waals surface area contributed by atoms with E-state index < -0.39 is 18.2 Å². The Balaban J connectivity index is 0.000000553. The summed E-state index contributed by atoms with van der Waals surface area (Å²) in [5.41, 5.74) is 8.11. The summed E-state index contributed by atoms with van der Waals surface area (Å²) < 4.78 is 31.7. The molecule has 2 rings (SSSR count). The molecule has 0 saturated carbocycles. The number of nitrogens with one attached hydrogen (secondary N) is 1. The largest absolute Gasteiger partial charge is 0.490 e. The lowest BCUT2D eigenvalue weighted by atomic mass is 10.1. The summed E-state index contributed by atoms with van der Waals surface area (Å²) in [5, 5.41) is 9.98. The minimum absolute atomic E-state index is 0.0336. The summed E-state index contributed by atoms with van der Waals surface area (Å²) >= 11 is 0. The molecule has 30 heavy (non-hydrogen) atoms. The normalized spacial score (nSPS) is 15.1. The predicted molar refractivity (Wildman–Crippen MR) is 104 cm³/mol. The molecule has 2 amide bonds. The molecule has 0 spiro atoms. The minimum Gasteiger partial charge on any atom is -0.475 e. The maximum Gasteiger partial charge on any atom is 0.490 e. The number of alkyl halides is 3. The molecule has 1 aliphatic heterocycles. The van der Waals surface area contributed by atoms with E-state index in [-0.39, 0.29) is 17.9 Å². The average Bonchev–Trinajstić information content (AvgIpc) is 3.14. The molecule has 7 nitrogen and oxygen atoms in total. The van der Waals surface area contributed by atoms with Gasteiger partial charge in [-0.25, -0.2) is 4.79 Å². The SMILES string of the molecule is CC[C@@H](C=CC(=O)N1Cc2ccccc2C1)NC(=O)[C@@H](N)CC.O=C(O)C(F)(F)F. The van der Waals surface area contributed by atoms with Gasteiger partial charge in [-0.1, -0.05) is 44.2 Å². The lowest BCUT2D eigenvalue weighted by molar-refractivity contribution is -0.192. The fourth-order valence-corrected chi connectivity index (χ4v) is 2.55. The van der Waals surface area contributed by atoms with Gasteiger partial charge < -0.3 is 21.1 Å². The average molecular weight is 429 g/mol. The van der Waals surface area contributed by atoms with Crippen LogP contribution in [0.25, 0.3) is 0 Å². The molecule has 1 aromatic carbocycles. The van der Waals surface area contributed by atoms with E-state index in [1.807, 2.05) is 38.1 Å². The first-order chi connectivity index (χ1) is 14.0. The third-order valence-corrected chi connectivity index (χ3v) is 4.41. The molecule has 0 saturated heterocycles. The molecule has 0 aromatic heterocycles. The van der Waals surface area contributed by atoms with Crippen molar-refractivity contribution < 1.29 is 32.7 Å². The quantitative estimate of drug-likeness (QED) is 0.601. The molecule has 0 radical (unpaired) electrons. The number of nitrogens with zero attached hydrogens (tertiary/aromatic N) is 1. The Morgan fingerprint density at radius 1 is 1.17 bits per heavy atom. The number of nitrogens with two attached hydrogens (primary N) is 1. The lowest BCUT2D eigenvalue weighted by Crippen LogP contribution is -2.44. The second-order valence-corrected chi connectivity index (χ2v) is 6.66. The number of amides is 2. The first kappa shape index (κ1) is 25.2. The van der Waals surface area contributed by atoms with Crippen molar-refractivity contribution >= 4 is 17.8 Å². The molecule has 0 bridgehead atoms. The van der Waals surface area contributed by atoms with E-state index in [4.69, 9.17) is 15.6 Å². The van der Waals surface area contributed by atoms with Gasteiger partial charge in [-0.15, -0.1) is 0 Å². The number of halogens is 3. The van der Waals surface area contributed by atoms with Crippen LogP contribution in [0.15, 0.2) is 36.4 Å². The molecule has 4 N–H and O–H groups in total. The van der Waals surface area contributed by atoms with Crippen LogP contribution < -0.4 is 11.1 Å². The predicted octanol–water partition coefficient (Wildman–Crippen LogP) is 2.35. The number of benzene rings is 1. The zero-order chi connectivity index (χ0) is 22.9. The van der Waals surface area contributed by atoms with Gasteiger partial charge in [0.15, 0.2) is 0 Å². The van der Waals surface area contributed by atoms with Crippen LogP contribution in [0.3, 0.4) is 0 Å². The van der Waals surface area contributed by atoms with Gasteiger partial charge in [-0.2, -0.15) is 13.2 Å². The minimum atomic E-state index is -5.08. The second-order valence-electron chi connectivity index (χ2n) is 6.66. The highest BCUT2D eigenvalue weighted by atomic mass is 19.4. The molecule has 1 aliphatic rings. The van der Waals surface area contributed by atoms with Gasteiger partial charge in [0.2, 0.25) is 11.8 Å². The van der Waals surface area contributed by atoms with Crippen LogP contribution in [-0.4, -0.2) is 46.1 Å². The highest BCUT2D eigenvalue weighted by Gasteiger charge is 2.38. The monoisotopic (exact) mass is 429 g/mol. The molecule has 0 aliphatic carbocycles. The van der Waals surface area contributed by atoms with E-state index in [1.54, 1.807) is 17.1 Å². The van der Waals surface area contributed by atoms with Gasteiger partial charge in [0.1, 0.15) is 0 Å².